The van der Waals surface area contributed by atoms with Crippen LogP contribution in [0.2, 0.25) is 0 Å². The molecule has 0 aromatic carbocycles. The van der Waals surface area contributed by atoms with E-state index in [1.807, 2.05) is 7.05 Å². The molecule has 0 fully saturated rings. The van der Waals surface area contributed by atoms with Crippen LogP contribution < -0.4 is 10.6 Å². The van der Waals surface area contributed by atoms with E-state index in [1.165, 1.54) is 0 Å². The number of aromatic nitrogens is 2. The molecule has 2 aromatic heterocycles. The van der Waals surface area contributed by atoms with E-state index in [4.69, 9.17) is 0 Å². The molecule has 0 saturated heterocycles. The highest BCUT2D eigenvalue weighted by molar-refractivity contribution is 7.16. The smallest absolute Gasteiger partial charge is 0.225 e. The van der Waals surface area contributed by atoms with Crippen molar-refractivity contribution >= 4 is 33.3 Å². The lowest BCUT2D eigenvalue weighted by atomic mass is 9.82. The van der Waals surface area contributed by atoms with Crippen LogP contribution in [-0.4, -0.2) is 22.6 Å². The normalized spacial score (nSPS) is 12.7. The van der Waals surface area contributed by atoms with Gasteiger partial charge in [-0.25, -0.2) is 4.98 Å². The van der Waals surface area contributed by atoms with Gasteiger partial charge in [-0.1, -0.05) is 20.8 Å². The Kier molecular flexibility index (Phi) is 3.91. The monoisotopic (exact) mass is 292 g/mol. The fourth-order valence-electron chi connectivity index (χ4n) is 2.75. The molecule has 2 N–H and O–H groups in total. The summed E-state index contributed by atoms with van der Waals surface area (Å²) >= 11 is 1.64. The zero-order valence-electron chi connectivity index (χ0n) is 13.2. The van der Waals surface area contributed by atoms with Crippen LogP contribution in [0, 0.1) is 5.41 Å². The Balaban J connectivity index is 2.35. The minimum atomic E-state index is -0.0213. The summed E-state index contributed by atoms with van der Waals surface area (Å²) in [6, 6.07) is 2.08. The Morgan fingerprint density at radius 2 is 1.85 bits per heavy atom. The summed E-state index contributed by atoms with van der Waals surface area (Å²) in [5.74, 6) is 1.57. The highest BCUT2D eigenvalue weighted by atomic mass is 32.1. The van der Waals surface area contributed by atoms with Crippen LogP contribution in [0.3, 0.4) is 0 Å². The molecule has 2 rings (SSSR count). The van der Waals surface area contributed by atoms with Gasteiger partial charge in [0, 0.05) is 12.6 Å². The van der Waals surface area contributed by atoms with Gasteiger partial charge in [0.25, 0.3) is 0 Å². The quantitative estimate of drug-likeness (QED) is 0.879. The maximum Gasteiger partial charge on any atom is 0.225 e. The van der Waals surface area contributed by atoms with Crippen molar-refractivity contribution in [1.82, 2.24) is 9.97 Å². The van der Waals surface area contributed by atoms with Crippen molar-refractivity contribution < 1.29 is 0 Å². The van der Waals surface area contributed by atoms with Gasteiger partial charge in [-0.05, 0) is 37.1 Å². The van der Waals surface area contributed by atoms with E-state index < -0.39 is 0 Å². The largest absolute Gasteiger partial charge is 0.364 e. The SMILES string of the molecule is CNc1nc(NC(C)(C)CC(C)(C)C)c2ccsc2n1. The van der Waals surface area contributed by atoms with Gasteiger partial charge < -0.3 is 10.6 Å². The highest BCUT2D eigenvalue weighted by Crippen LogP contribution is 2.32. The Morgan fingerprint density at radius 3 is 2.45 bits per heavy atom. The summed E-state index contributed by atoms with van der Waals surface area (Å²) < 4.78 is 0. The average molecular weight is 292 g/mol. The van der Waals surface area contributed by atoms with E-state index in [-0.39, 0.29) is 11.0 Å². The Labute approximate surface area is 125 Å². The molecule has 0 aliphatic carbocycles. The number of nitrogens with one attached hydrogen (secondary N) is 2. The van der Waals surface area contributed by atoms with Crippen molar-refractivity contribution in [3.05, 3.63) is 11.4 Å². The summed E-state index contributed by atoms with van der Waals surface area (Å²) in [6.07, 6.45) is 1.06. The lowest BCUT2D eigenvalue weighted by molar-refractivity contribution is 0.302. The molecule has 0 radical (unpaired) electrons. The predicted molar refractivity (Wildman–Crippen MR) is 88.7 cm³/mol. The second-order valence-corrected chi connectivity index (χ2v) is 7.93. The molecule has 0 saturated carbocycles. The van der Waals surface area contributed by atoms with Gasteiger partial charge in [-0.15, -0.1) is 11.3 Å². The molecule has 20 heavy (non-hydrogen) atoms. The third kappa shape index (κ3) is 3.60. The third-order valence-electron chi connectivity index (χ3n) is 2.98. The zero-order valence-corrected chi connectivity index (χ0v) is 14.0. The van der Waals surface area contributed by atoms with Crippen molar-refractivity contribution in [2.75, 3.05) is 17.7 Å². The van der Waals surface area contributed by atoms with Crippen LogP contribution in [0.5, 0.6) is 0 Å². The molecule has 0 aliphatic rings. The summed E-state index contributed by atoms with van der Waals surface area (Å²) in [4.78, 5) is 10.1. The standard InChI is InChI=1S/C15H24N4S/c1-14(2,3)9-15(4,5)19-11-10-7-8-20-12(10)18-13(16-6)17-11/h7-8H,9H2,1-6H3,(H2,16,17,18,19). The van der Waals surface area contributed by atoms with Crippen molar-refractivity contribution in [2.45, 2.75) is 46.6 Å². The molecule has 2 aromatic rings. The maximum absolute atomic E-state index is 4.58. The van der Waals surface area contributed by atoms with E-state index in [1.54, 1.807) is 11.3 Å². The molecule has 0 spiro atoms. The van der Waals surface area contributed by atoms with Crippen LogP contribution >= 0.6 is 11.3 Å². The molecule has 110 valence electrons. The highest BCUT2D eigenvalue weighted by Gasteiger charge is 2.26. The Morgan fingerprint density at radius 1 is 1.15 bits per heavy atom. The summed E-state index contributed by atoms with van der Waals surface area (Å²) in [5, 5.41) is 9.77. The topological polar surface area (TPSA) is 49.8 Å². The first-order chi connectivity index (χ1) is 9.20. The van der Waals surface area contributed by atoms with Crippen LogP contribution in [0.15, 0.2) is 11.4 Å². The van der Waals surface area contributed by atoms with Crippen molar-refractivity contribution in [1.29, 1.82) is 0 Å². The molecule has 2 heterocycles. The second-order valence-electron chi connectivity index (χ2n) is 7.03. The minimum Gasteiger partial charge on any atom is -0.364 e. The fraction of sp³-hybridized carbons (Fsp3) is 0.600. The van der Waals surface area contributed by atoms with Crippen LogP contribution in [-0.2, 0) is 0 Å². The van der Waals surface area contributed by atoms with E-state index in [9.17, 15) is 0 Å². The number of hydrogen-bond acceptors (Lipinski definition) is 5. The van der Waals surface area contributed by atoms with E-state index in [0.717, 1.165) is 22.5 Å². The molecule has 4 nitrogen and oxygen atoms in total. The molecule has 5 heteroatoms. The molecule has 0 bridgehead atoms. The predicted octanol–water partition coefficient (Wildman–Crippen LogP) is 4.36. The van der Waals surface area contributed by atoms with Crippen LogP contribution in [0.25, 0.3) is 10.2 Å². The molecule has 0 amide bonds. The molecular weight excluding hydrogens is 268 g/mol. The molecule has 0 aliphatic heterocycles. The van der Waals surface area contributed by atoms with Crippen molar-refractivity contribution in [2.24, 2.45) is 5.41 Å². The minimum absolute atomic E-state index is 0.0213. The molecule has 0 atom stereocenters. The van der Waals surface area contributed by atoms with E-state index >= 15 is 0 Å². The van der Waals surface area contributed by atoms with Gasteiger partial charge in [0.15, 0.2) is 0 Å². The zero-order chi connectivity index (χ0) is 15.0. The lowest BCUT2D eigenvalue weighted by Crippen LogP contribution is -2.35. The summed E-state index contributed by atoms with van der Waals surface area (Å²) in [7, 11) is 1.85. The molecular formula is C15H24N4S. The maximum atomic E-state index is 4.58. The molecule has 0 unspecified atom stereocenters. The van der Waals surface area contributed by atoms with E-state index in [2.05, 4.69) is 66.7 Å². The number of rotatable bonds is 4. The lowest BCUT2D eigenvalue weighted by Gasteiger charge is -2.34. The first-order valence-corrected chi connectivity index (χ1v) is 7.79. The van der Waals surface area contributed by atoms with Crippen molar-refractivity contribution in [3.8, 4) is 0 Å². The van der Waals surface area contributed by atoms with Gasteiger partial charge in [-0.2, -0.15) is 4.98 Å². The van der Waals surface area contributed by atoms with Crippen LogP contribution in [0.1, 0.15) is 41.0 Å². The van der Waals surface area contributed by atoms with E-state index in [0.29, 0.717) is 5.95 Å². The average Bonchev–Trinajstić information content (AvgIpc) is 2.72. The fourth-order valence-corrected chi connectivity index (χ4v) is 3.52. The Hall–Kier alpha value is -1.36. The van der Waals surface area contributed by atoms with Gasteiger partial charge >= 0.3 is 0 Å². The van der Waals surface area contributed by atoms with Crippen LogP contribution in [0.4, 0.5) is 11.8 Å². The number of thiophene rings is 1. The van der Waals surface area contributed by atoms with Gasteiger partial charge in [0.2, 0.25) is 5.95 Å². The summed E-state index contributed by atoms with van der Waals surface area (Å²) in [6.45, 7) is 11.2. The first-order valence-electron chi connectivity index (χ1n) is 6.91. The summed E-state index contributed by atoms with van der Waals surface area (Å²) in [5.41, 5.74) is 0.246. The first kappa shape index (κ1) is 15.0. The van der Waals surface area contributed by atoms with Gasteiger partial charge in [-0.3, -0.25) is 0 Å². The van der Waals surface area contributed by atoms with Crippen molar-refractivity contribution in [3.63, 3.8) is 0 Å². The second kappa shape index (κ2) is 5.20. The third-order valence-corrected chi connectivity index (χ3v) is 3.78. The Bertz CT molecular complexity index is 595. The number of hydrogen-bond donors (Lipinski definition) is 2. The number of nitrogens with zero attached hydrogens (tertiary/aromatic N) is 2. The van der Waals surface area contributed by atoms with Gasteiger partial charge in [0.05, 0.1) is 5.39 Å². The number of anilines is 2. The van der Waals surface area contributed by atoms with Gasteiger partial charge in [0.1, 0.15) is 10.6 Å². The number of fused-ring (bicyclic) bond motifs is 1.